The van der Waals surface area contributed by atoms with Crippen LogP contribution in [0, 0.1) is 0 Å². The lowest BCUT2D eigenvalue weighted by Crippen LogP contribution is -2.28. The molecule has 104 valence electrons. The van der Waals surface area contributed by atoms with Crippen LogP contribution in [0.15, 0.2) is 0 Å². The largest absolute Gasteiger partial charge is 0.393 e. The lowest BCUT2D eigenvalue weighted by molar-refractivity contribution is -0.0521. The second-order valence-electron chi connectivity index (χ2n) is 4.50. The summed E-state index contributed by atoms with van der Waals surface area (Å²) < 4.78 is 5.86. The third kappa shape index (κ3) is 10.1. The monoisotopic (exact) mass is 286 g/mol. The van der Waals surface area contributed by atoms with Crippen LogP contribution in [0.1, 0.15) is 39.5 Å². The van der Waals surface area contributed by atoms with Crippen molar-refractivity contribution in [2.24, 2.45) is 0 Å². The molecule has 0 aliphatic heterocycles. The summed E-state index contributed by atoms with van der Waals surface area (Å²) >= 11 is 11.4. The molecule has 0 rings (SSSR count). The van der Waals surface area contributed by atoms with Crippen molar-refractivity contribution in [3.05, 3.63) is 0 Å². The number of rotatable bonds is 10. The van der Waals surface area contributed by atoms with Crippen LogP contribution in [0.4, 0.5) is 0 Å². The van der Waals surface area contributed by atoms with E-state index in [2.05, 4.69) is 0 Å². The van der Waals surface area contributed by atoms with Crippen molar-refractivity contribution >= 4 is 23.2 Å². The number of halogens is 2. The third-order valence-electron chi connectivity index (χ3n) is 2.46. The van der Waals surface area contributed by atoms with Gasteiger partial charge >= 0.3 is 0 Å². The molecule has 0 aliphatic carbocycles. The molecule has 2 N–H and O–H groups in total. The Balaban J connectivity index is 4.22. The average molecular weight is 287 g/mol. The molecular formula is C12H24Cl2O3. The summed E-state index contributed by atoms with van der Waals surface area (Å²) in [5.74, 6) is 0.999. The highest BCUT2D eigenvalue weighted by Crippen LogP contribution is 2.17. The maximum Gasteiger partial charge on any atom is 0.0614 e. The van der Waals surface area contributed by atoms with E-state index in [-0.39, 0.29) is 12.2 Å². The van der Waals surface area contributed by atoms with Crippen LogP contribution in [0.25, 0.3) is 0 Å². The van der Waals surface area contributed by atoms with E-state index in [1.807, 2.05) is 0 Å². The van der Waals surface area contributed by atoms with Crippen molar-refractivity contribution in [1.82, 2.24) is 0 Å². The van der Waals surface area contributed by atoms with Crippen molar-refractivity contribution in [3.63, 3.8) is 0 Å². The van der Waals surface area contributed by atoms with E-state index in [0.717, 1.165) is 0 Å². The maximum atomic E-state index is 9.38. The van der Waals surface area contributed by atoms with Crippen molar-refractivity contribution in [1.29, 1.82) is 0 Å². The smallest absolute Gasteiger partial charge is 0.0614 e. The molecule has 0 heterocycles. The van der Waals surface area contributed by atoms with E-state index in [9.17, 15) is 10.2 Å². The normalized spacial score (nSPS) is 18.7. The molecule has 5 heteroatoms. The van der Waals surface area contributed by atoms with Crippen molar-refractivity contribution < 1.29 is 14.9 Å². The summed E-state index contributed by atoms with van der Waals surface area (Å²) in [5, 5.41) is 18.8. The van der Waals surface area contributed by atoms with E-state index in [0.29, 0.717) is 37.4 Å². The zero-order valence-corrected chi connectivity index (χ0v) is 12.1. The van der Waals surface area contributed by atoms with Crippen LogP contribution in [-0.4, -0.2) is 46.4 Å². The molecule has 4 unspecified atom stereocenters. The molecule has 0 saturated heterocycles. The molecule has 0 aliphatic rings. The lowest BCUT2D eigenvalue weighted by Gasteiger charge is -2.26. The van der Waals surface area contributed by atoms with Gasteiger partial charge in [-0.15, -0.1) is 23.2 Å². The van der Waals surface area contributed by atoms with Gasteiger partial charge in [-0.1, -0.05) is 0 Å². The number of aliphatic hydroxyl groups is 2. The topological polar surface area (TPSA) is 49.7 Å². The molecular weight excluding hydrogens is 263 g/mol. The van der Waals surface area contributed by atoms with Crippen molar-refractivity contribution in [2.75, 3.05) is 11.8 Å². The molecule has 4 atom stereocenters. The minimum Gasteiger partial charge on any atom is -0.393 e. The Labute approximate surface area is 114 Å². The van der Waals surface area contributed by atoms with Crippen LogP contribution < -0.4 is 0 Å². The molecule has 0 spiro atoms. The molecule has 0 radical (unpaired) electrons. The van der Waals surface area contributed by atoms with Gasteiger partial charge < -0.3 is 14.9 Å². The highest BCUT2D eigenvalue weighted by Gasteiger charge is 2.19. The van der Waals surface area contributed by atoms with Crippen LogP contribution in [0.3, 0.4) is 0 Å². The summed E-state index contributed by atoms with van der Waals surface area (Å²) in [6.07, 6.45) is 1.56. The van der Waals surface area contributed by atoms with Crippen LogP contribution in [0.5, 0.6) is 0 Å². The predicted octanol–water partition coefficient (Wildman–Crippen LogP) is 2.54. The third-order valence-corrected chi connectivity index (χ3v) is 2.89. The molecule has 0 aromatic heterocycles. The number of aliphatic hydroxyl groups excluding tert-OH is 2. The fourth-order valence-corrected chi connectivity index (χ4v) is 2.25. The fourth-order valence-electron chi connectivity index (χ4n) is 1.76. The van der Waals surface area contributed by atoms with Gasteiger partial charge in [-0.05, 0) is 39.5 Å². The molecule has 0 bridgehead atoms. The van der Waals surface area contributed by atoms with Crippen LogP contribution >= 0.6 is 23.2 Å². The first-order valence-corrected chi connectivity index (χ1v) is 7.20. The van der Waals surface area contributed by atoms with Gasteiger partial charge in [-0.2, -0.15) is 0 Å². The molecule has 17 heavy (non-hydrogen) atoms. The van der Waals surface area contributed by atoms with Gasteiger partial charge in [0.15, 0.2) is 0 Å². The number of ether oxygens (including phenoxy) is 1. The highest BCUT2D eigenvalue weighted by molar-refractivity contribution is 6.18. The standard InChI is InChI=1S/C12H24Cl2O3/c1-9(15)7-11(3-5-13)17-12(4-6-14)8-10(2)16/h9-12,15-16H,3-8H2,1-2H3. The van der Waals surface area contributed by atoms with E-state index >= 15 is 0 Å². The average Bonchev–Trinajstić information content (AvgIpc) is 2.16. The molecule has 0 amide bonds. The number of hydrogen-bond donors (Lipinski definition) is 2. The van der Waals surface area contributed by atoms with Crippen molar-refractivity contribution in [2.45, 2.75) is 63.9 Å². The van der Waals surface area contributed by atoms with Gasteiger partial charge in [0.2, 0.25) is 0 Å². The number of hydrogen-bond acceptors (Lipinski definition) is 3. The zero-order valence-electron chi connectivity index (χ0n) is 10.6. The van der Waals surface area contributed by atoms with Gasteiger partial charge in [0.05, 0.1) is 24.4 Å². The lowest BCUT2D eigenvalue weighted by atomic mass is 10.1. The minimum atomic E-state index is -0.411. The van der Waals surface area contributed by atoms with Gasteiger partial charge in [-0.25, -0.2) is 0 Å². The van der Waals surface area contributed by atoms with Gasteiger partial charge in [-0.3, -0.25) is 0 Å². The van der Waals surface area contributed by atoms with E-state index in [4.69, 9.17) is 27.9 Å². The molecule has 3 nitrogen and oxygen atoms in total. The molecule has 0 aromatic carbocycles. The molecule has 0 saturated carbocycles. The Morgan fingerprint density at radius 1 is 0.882 bits per heavy atom. The predicted molar refractivity (Wildman–Crippen MR) is 71.9 cm³/mol. The Hall–Kier alpha value is 0.460. The summed E-state index contributed by atoms with van der Waals surface area (Å²) in [4.78, 5) is 0. The Kier molecular flexibility index (Phi) is 10.7. The molecule has 0 fully saturated rings. The first kappa shape index (κ1) is 17.5. The second kappa shape index (κ2) is 10.4. The first-order chi connectivity index (χ1) is 7.99. The number of alkyl halides is 2. The maximum absolute atomic E-state index is 9.38. The fraction of sp³-hybridized carbons (Fsp3) is 1.00. The van der Waals surface area contributed by atoms with Gasteiger partial charge in [0, 0.05) is 11.8 Å². The highest BCUT2D eigenvalue weighted by atomic mass is 35.5. The summed E-state index contributed by atoms with van der Waals surface area (Å²) in [6.45, 7) is 3.46. The minimum absolute atomic E-state index is 0.0699. The Morgan fingerprint density at radius 2 is 1.24 bits per heavy atom. The summed E-state index contributed by atoms with van der Waals surface area (Å²) in [7, 11) is 0. The Morgan fingerprint density at radius 3 is 1.47 bits per heavy atom. The van der Waals surface area contributed by atoms with Gasteiger partial charge in [0.1, 0.15) is 0 Å². The van der Waals surface area contributed by atoms with E-state index < -0.39 is 12.2 Å². The quantitative estimate of drug-likeness (QED) is 0.607. The second-order valence-corrected chi connectivity index (χ2v) is 5.26. The molecule has 0 aromatic rings. The van der Waals surface area contributed by atoms with Gasteiger partial charge in [0.25, 0.3) is 0 Å². The summed E-state index contributed by atoms with van der Waals surface area (Å²) in [5.41, 5.74) is 0. The van der Waals surface area contributed by atoms with Crippen LogP contribution in [0.2, 0.25) is 0 Å². The van der Waals surface area contributed by atoms with E-state index in [1.54, 1.807) is 13.8 Å². The first-order valence-electron chi connectivity index (χ1n) is 6.13. The van der Waals surface area contributed by atoms with Crippen LogP contribution in [-0.2, 0) is 4.74 Å². The summed E-state index contributed by atoms with van der Waals surface area (Å²) in [6, 6.07) is 0. The van der Waals surface area contributed by atoms with E-state index in [1.165, 1.54) is 0 Å². The Bertz CT molecular complexity index is 159. The SMILES string of the molecule is CC(O)CC(CCCl)OC(CCCl)CC(C)O. The zero-order chi connectivity index (χ0) is 13.3. The van der Waals surface area contributed by atoms with Crippen molar-refractivity contribution in [3.8, 4) is 0 Å².